The van der Waals surface area contributed by atoms with Crippen molar-refractivity contribution in [3.63, 3.8) is 0 Å². The van der Waals surface area contributed by atoms with Gasteiger partial charge in [0.25, 0.3) is 5.88 Å². The van der Waals surface area contributed by atoms with Crippen LogP contribution in [0.25, 0.3) is 11.1 Å². The third kappa shape index (κ3) is 4.17. The highest BCUT2D eigenvalue weighted by Crippen LogP contribution is 2.28. The highest BCUT2D eigenvalue weighted by molar-refractivity contribution is 5.87. The number of ether oxygens (including phenoxy) is 3. The number of rotatable bonds is 8. The fourth-order valence-electron chi connectivity index (χ4n) is 2.26. The second-order valence-corrected chi connectivity index (χ2v) is 5.29. The maximum absolute atomic E-state index is 11.0. The highest BCUT2D eigenvalue weighted by atomic mass is 16.5. The summed E-state index contributed by atoms with van der Waals surface area (Å²) in [7, 11) is 1.63. The van der Waals surface area contributed by atoms with Crippen molar-refractivity contribution >= 4 is 5.97 Å². The lowest BCUT2D eigenvalue weighted by molar-refractivity contribution is 0.0687. The molecule has 0 saturated heterocycles. The lowest BCUT2D eigenvalue weighted by Crippen LogP contribution is -2.04. The number of carboxylic acid groups (broad SMARTS) is 1. The monoisotopic (exact) mass is 355 g/mol. The summed E-state index contributed by atoms with van der Waals surface area (Å²) < 4.78 is 16.1. The highest BCUT2D eigenvalue weighted by Gasteiger charge is 2.16. The lowest BCUT2D eigenvalue weighted by atomic mass is 10.1. The maximum Gasteiger partial charge on any atom is 0.359 e. The standard InChI is InChI=1S/C18H17N3O5/c1-24-9-10-25-15-4-2-3-13(11-15)12-5-7-14(8-6-12)26-17-16(18(22)23)19-21-20-17/h2-8,11H,9-10H2,1H3,(H,22,23)(H,19,20,21). The van der Waals surface area contributed by atoms with E-state index in [-0.39, 0.29) is 11.6 Å². The molecule has 0 unspecified atom stereocenters. The third-order valence-corrected chi connectivity index (χ3v) is 3.52. The third-order valence-electron chi connectivity index (χ3n) is 3.52. The van der Waals surface area contributed by atoms with Crippen LogP contribution in [0.1, 0.15) is 10.5 Å². The van der Waals surface area contributed by atoms with Crippen molar-refractivity contribution in [2.45, 2.75) is 0 Å². The van der Waals surface area contributed by atoms with Crippen LogP contribution in [0.2, 0.25) is 0 Å². The molecule has 8 nitrogen and oxygen atoms in total. The molecule has 3 rings (SSSR count). The fourth-order valence-corrected chi connectivity index (χ4v) is 2.26. The van der Waals surface area contributed by atoms with Gasteiger partial charge >= 0.3 is 5.97 Å². The summed E-state index contributed by atoms with van der Waals surface area (Å²) in [5.41, 5.74) is 1.75. The van der Waals surface area contributed by atoms with E-state index in [1.807, 2.05) is 36.4 Å². The minimum Gasteiger partial charge on any atom is -0.491 e. The van der Waals surface area contributed by atoms with E-state index in [9.17, 15) is 4.79 Å². The van der Waals surface area contributed by atoms with Crippen LogP contribution < -0.4 is 9.47 Å². The summed E-state index contributed by atoms with van der Waals surface area (Å²) in [5, 5.41) is 18.4. The number of nitrogens with one attached hydrogen (secondary N) is 1. The van der Waals surface area contributed by atoms with Gasteiger partial charge in [-0.1, -0.05) is 34.6 Å². The Bertz CT molecular complexity index is 877. The Morgan fingerprint density at radius 3 is 2.62 bits per heavy atom. The largest absolute Gasteiger partial charge is 0.491 e. The van der Waals surface area contributed by atoms with Crippen molar-refractivity contribution in [1.29, 1.82) is 0 Å². The Balaban J connectivity index is 1.72. The summed E-state index contributed by atoms with van der Waals surface area (Å²) in [6.45, 7) is 1.01. The van der Waals surface area contributed by atoms with Gasteiger partial charge in [-0.05, 0) is 35.4 Å². The molecule has 0 aliphatic heterocycles. The first-order valence-electron chi connectivity index (χ1n) is 7.82. The number of aromatic nitrogens is 3. The quantitative estimate of drug-likeness (QED) is 0.598. The second-order valence-electron chi connectivity index (χ2n) is 5.29. The van der Waals surface area contributed by atoms with E-state index in [2.05, 4.69) is 15.4 Å². The van der Waals surface area contributed by atoms with Crippen molar-refractivity contribution in [2.75, 3.05) is 20.3 Å². The Hall–Kier alpha value is -3.39. The minimum atomic E-state index is -1.19. The van der Waals surface area contributed by atoms with E-state index >= 15 is 0 Å². The number of aromatic carboxylic acids is 1. The van der Waals surface area contributed by atoms with Crippen LogP contribution in [-0.2, 0) is 4.74 Å². The van der Waals surface area contributed by atoms with Crippen molar-refractivity contribution < 1.29 is 24.1 Å². The molecule has 0 bridgehead atoms. The van der Waals surface area contributed by atoms with Gasteiger partial charge in [-0.3, -0.25) is 0 Å². The molecule has 0 amide bonds. The number of hydrogen-bond donors (Lipinski definition) is 2. The van der Waals surface area contributed by atoms with Crippen LogP contribution in [-0.4, -0.2) is 46.8 Å². The van der Waals surface area contributed by atoms with Crippen molar-refractivity contribution in [2.24, 2.45) is 0 Å². The molecule has 0 aliphatic carbocycles. The van der Waals surface area contributed by atoms with Crippen LogP contribution >= 0.6 is 0 Å². The van der Waals surface area contributed by atoms with Crippen LogP contribution in [0.15, 0.2) is 48.5 Å². The Morgan fingerprint density at radius 2 is 1.88 bits per heavy atom. The molecular weight excluding hydrogens is 338 g/mol. The molecule has 3 aromatic rings. The predicted octanol–water partition coefficient (Wildman–Crippen LogP) is 2.99. The zero-order valence-electron chi connectivity index (χ0n) is 14.0. The zero-order valence-corrected chi connectivity index (χ0v) is 14.0. The molecule has 0 atom stereocenters. The van der Waals surface area contributed by atoms with Crippen LogP contribution in [0.5, 0.6) is 17.4 Å². The number of carbonyl (C=O) groups is 1. The predicted molar refractivity (Wildman–Crippen MR) is 92.7 cm³/mol. The van der Waals surface area contributed by atoms with Crippen molar-refractivity contribution in [3.8, 4) is 28.5 Å². The van der Waals surface area contributed by atoms with E-state index in [0.29, 0.717) is 19.0 Å². The molecule has 8 heteroatoms. The molecule has 2 aromatic carbocycles. The summed E-state index contributed by atoms with van der Waals surface area (Å²) in [6, 6.07) is 14.9. The second kappa shape index (κ2) is 8.13. The minimum absolute atomic E-state index is 0.0845. The van der Waals surface area contributed by atoms with Crippen LogP contribution in [0, 0.1) is 0 Å². The van der Waals surface area contributed by atoms with Crippen LogP contribution in [0.3, 0.4) is 0 Å². The molecule has 0 fully saturated rings. The van der Waals surface area contributed by atoms with Gasteiger partial charge < -0.3 is 19.3 Å². The number of nitrogens with zero attached hydrogens (tertiary/aromatic N) is 2. The number of hydrogen-bond acceptors (Lipinski definition) is 6. The summed E-state index contributed by atoms with van der Waals surface area (Å²) in [4.78, 5) is 11.0. The molecule has 1 heterocycles. The van der Waals surface area contributed by atoms with E-state index in [1.165, 1.54) is 0 Å². The Kier molecular flexibility index (Phi) is 5.45. The number of benzene rings is 2. The van der Waals surface area contributed by atoms with Gasteiger partial charge in [-0.25, -0.2) is 9.89 Å². The van der Waals surface area contributed by atoms with Gasteiger partial charge in [0.1, 0.15) is 18.1 Å². The zero-order chi connectivity index (χ0) is 18.4. The summed E-state index contributed by atoms with van der Waals surface area (Å²) in [6.07, 6.45) is 0. The van der Waals surface area contributed by atoms with Crippen molar-refractivity contribution in [1.82, 2.24) is 15.4 Å². The maximum atomic E-state index is 11.0. The number of methoxy groups -OCH3 is 1. The average molecular weight is 355 g/mol. The van der Waals surface area contributed by atoms with Gasteiger partial charge in [-0.2, -0.15) is 0 Å². The molecule has 0 aliphatic rings. The lowest BCUT2D eigenvalue weighted by Gasteiger charge is -2.08. The fraction of sp³-hybridized carbons (Fsp3) is 0.167. The molecule has 0 saturated carbocycles. The number of aromatic amines is 1. The Labute approximate surface area is 149 Å². The first-order chi connectivity index (χ1) is 12.7. The first-order valence-corrected chi connectivity index (χ1v) is 7.82. The molecule has 26 heavy (non-hydrogen) atoms. The SMILES string of the molecule is COCCOc1cccc(-c2ccc(Oc3nn[nH]c3C(=O)O)cc2)c1. The molecule has 134 valence electrons. The van der Waals surface area contributed by atoms with Gasteiger partial charge in [-0.15, -0.1) is 0 Å². The molecule has 1 aromatic heterocycles. The molecule has 0 radical (unpaired) electrons. The first kappa shape index (κ1) is 17.4. The normalized spacial score (nSPS) is 10.5. The Morgan fingerprint density at radius 1 is 1.08 bits per heavy atom. The average Bonchev–Trinajstić information content (AvgIpc) is 3.11. The summed E-state index contributed by atoms with van der Waals surface area (Å²) in [5.74, 6) is -0.0584. The van der Waals surface area contributed by atoms with E-state index in [4.69, 9.17) is 19.3 Å². The smallest absolute Gasteiger partial charge is 0.359 e. The van der Waals surface area contributed by atoms with Crippen molar-refractivity contribution in [3.05, 3.63) is 54.2 Å². The van der Waals surface area contributed by atoms with Gasteiger partial charge in [0.15, 0.2) is 0 Å². The molecule has 2 N–H and O–H groups in total. The van der Waals surface area contributed by atoms with E-state index in [1.54, 1.807) is 19.2 Å². The van der Waals surface area contributed by atoms with Gasteiger partial charge in [0.2, 0.25) is 5.69 Å². The van der Waals surface area contributed by atoms with E-state index < -0.39 is 5.97 Å². The van der Waals surface area contributed by atoms with Crippen LogP contribution in [0.4, 0.5) is 0 Å². The molecular formula is C18H17N3O5. The topological polar surface area (TPSA) is 107 Å². The van der Waals surface area contributed by atoms with Gasteiger partial charge in [0.05, 0.1) is 6.61 Å². The van der Waals surface area contributed by atoms with Gasteiger partial charge in [0, 0.05) is 7.11 Å². The number of H-pyrrole nitrogens is 1. The summed E-state index contributed by atoms with van der Waals surface area (Å²) >= 11 is 0. The number of carboxylic acids is 1. The van der Waals surface area contributed by atoms with E-state index in [0.717, 1.165) is 16.9 Å². The molecule has 0 spiro atoms.